The van der Waals surface area contributed by atoms with E-state index in [0.29, 0.717) is 33.7 Å². The lowest BCUT2D eigenvalue weighted by atomic mass is 9.94. The van der Waals surface area contributed by atoms with Crippen LogP contribution in [0.5, 0.6) is 0 Å². The minimum Gasteiger partial charge on any atom is -0.366 e. The van der Waals surface area contributed by atoms with Crippen molar-refractivity contribution in [3.8, 4) is 0 Å². The van der Waals surface area contributed by atoms with E-state index in [4.69, 9.17) is 5.73 Å². The molecule has 0 bridgehead atoms. The van der Waals surface area contributed by atoms with Gasteiger partial charge in [0, 0.05) is 11.4 Å². The maximum absolute atomic E-state index is 13.9. The highest BCUT2D eigenvalue weighted by atomic mass is 32.2. The van der Waals surface area contributed by atoms with Gasteiger partial charge >= 0.3 is 0 Å². The summed E-state index contributed by atoms with van der Waals surface area (Å²) in [6, 6.07) is 14.0. The molecule has 1 aromatic heterocycles. The Morgan fingerprint density at radius 1 is 1.24 bits per heavy atom. The van der Waals surface area contributed by atoms with Crippen LogP contribution in [0, 0.1) is 12.7 Å². The van der Waals surface area contributed by atoms with E-state index in [1.807, 2.05) is 31.2 Å². The van der Waals surface area contributed by atoms with Gasteiger partial charge in [0.15, 0.2) is 0 Å². The Balaban J connectivity index is 1.70. The monoisotopic (exact) mass is 409 g/mol. The lowest BCUT2D eigenvalue weighted by molar-refractivity contribution is -0.115. The highest BCUT2D eigenvalue weighted by molar-refractivity contribution is 7.98. The van der Waals surface area contributed by atoms with Gasteiger partial charge in [0.2, 0.25) is 17.0 Å². The van der Waals surface area contributed by atoms with Crippen molar-refractivity contribution in [2.45, 2.75) is 30.8 Å². The number of carbonyl (C=O) groups is 1. The SMILES string of the molecule is CC1=C(C(N)=O)[C@H](c2cccc(C)c2)n2nc(SCc3ccccc3F)nc2N1. The fourth-order valence-corrected chi connectivity index (χ4v) is 4.23. The van der Waals surface area contributed by atoms with Crippen molar-refractivity contribution in [3.63, 3.8) is 0 Å². The predicted octanol–water partition coefficient (Wildman–Crippen LogP) is 3.79. The molecule has 0 radical (unpaired) electrons. The zero-order valence-electron chi connectivity index (χ0n) is 16.0. The zero-order chi connectivity index (χ0) is 20.5. The average Bonchev–Trinajstić information content (AvgIpc) is 3.08. The molecular weight excluding hydrogens is 389 g/mol. The number of nitrogens with two attached hydrogens (primary N) is 1. The smallest absolute Gasteiger partial charge is 0.248 e. The number of fused-ring (bicyclic) bond motifs is 1. The van der Waals surface area contributed by atoms with Crippen LogP contribution < -0.4 is 11.1 Å². The summed E-state index contributed by atoms with van der Waals surface area (Å²) in [5, 5.41) is 8.20. The molecule has 1 aliphatic heterocycles. The molecule has 2 aromatic carbocycles. The molecule has 3 aromatic rings. The molecule has 6 nitrogen and oxygen atoms in total. The second-order valence-electron chi connectivity index (χ2n) is 6.89. The molecule has 1 amide bonds. The first-order chi connectivity index (χ1) is 13.9. The van der Waals surface area contributed by atoms with Gasteiger partial charge in [-0.05, 0) is 31.0 Å². The topological polar surface area (TPSA) is 85.8 Å². The fourth-order valence-electron chi connectivity index (χ4n) is 3.42. The Hall–Kier alpha value is -3.13. The lowest BCUT2D eigenvalue weighted by Crippen LogP contribution is -2.31. The first-order valence-corrected chi connectivity index (χ1v) is 10.1. The van der Waals surface area contributed by atoms with Crippen LogP contribution in [0.3, 0.4) is 0 Å². The van der Waals surface area contributed by atoms with Crippen LogP contribution in [-0.4, -0.2) is 20.7 Å². The van der Waals surface area contributed by atoms with Crippen molar-refractivity contribution < 1.29 is 9.18 Å². The Morgan fingerprint density at radius 2 is 2.03 bits per heavy atom. The number of nitrogens with zero attached hydrogens (tertiary/aromatic N) is 3. The van der Waals surface area contributed by atoms with Gasteiger partial charge in [-0.3, -0.25) is 4.79 Å². The standard InChI is InChI=1S/C21H20FN5OS/c1-12-6-5-8-14(10-12)18-17(19(23)28)13(2)24-20-25-21(26-27(18)20)29-11-15-7-3-4-9-16(15)22/h3-10,18H,11H2,1-2H3,(H2,23,28)(H,24,25,26)/t18-/m0/s1. The Labute approximate surface area is 172 Å². The molecule has 0 unspecified atom stereocenters. The number of aromatic nitrogens is 3. The van der Waals surface area contributed by atoms with E-state index < -0.39 is 11.9 Å². The molecule has 29 heavy (non-hydrogen) atoms. The van der Waals surface area contributed by atoms with E-state index in [-0.39, 0.29) is 5.82 Å². The maximum Gasteiger partial charge on any atom is 0.248 e. The number of anilines is 1. The summed E-state index contributed by atoms with van der Waals surface area (Å²) < 4.78 is 15.6. The molecule has 0 spiro atoms. The summed E-state index contributed by atoms with van der Waals surface area (Å²) in [6.45, 7) is 3.79. The van der Waals surface area contributed by atoms with E-state index in [1.165, 1.54) is 17.8 Å². The largest absolute Gasteiger partial charge is 0.366 e. The zero-order valence-corrected chi connectivity index (χ0v) is 16.8. The van der Waals surface area contributed by atoms with Crippen LogP contribution in [0.2, 0.25) is 0 Å². The van der Waals surface area contributed by atoms with Crippen LogP contribution >= 0.6 is 11.8 Å². The van der Waals surface area contributed by atoms with E-state index in [9.17, 15) is 9.18 Å². The first kappa shape index (κ1) is 19.2. The number of thioether (sulfide) groups is 1. The molecular formula is C21H20FN5OS. The van der Waals surface area contributed by atoms with Gasteiger partial charge in [0.1, 0.15) is 11.9 Å². The lowest BCUT2D eigenvalue weighted by Gasteiger charge is -2.27. The molecule has 0 fully saturated rings. The van der Waals surface area contributed by atoms with Gasteiger partial charge in [-0.1, -0.05) is 59.8 Å². The molecule has 148 valence electrons. The van der Waals surface area contributed by atoms with Gasteiger partial charge < -0.3 is 11.1 Å². The van der Waals surface area contributed by atoms with E-state index in [1.54, 1.807) is 29.8 Å². The van der Waals surface area contributed by atoms with Crippen molar-refractivity contribution in [3.05, 3.63) is 82.3 Å². The van der Waals surface area contributed by atoms with Crippen LogP contribution in [0.4, 0.5) is 10.3 Å². The number of primary amides is 1. The molecule has 3 N–H and O–H groups in total. The normalized spacial score (nSPS) is 15.8. The quantitative estimate of drug-likeness (QED) is 0.626. The molecule has 2 heterocycles. The summed E-state index contributed by atoms with van der Waals surface area (Å²) in [5.41, 5.74) is 9.34. The molecule has 0 saturated heterocycles. The Bertz CT molecular complexity index is 1120. The average molecular weight is 409 g/mol. The van der Waals surface area contributed by atoms with Gasteiger partial charge in [0.05, 0.1) is 5.57 Å². The Kier molecular flexibility index (Phi) is 5.10. The third-order valence-corrected chi connectivity index (χ3v) is 5.66. The highest BCUT2D eigenvalue weighted by Crippen LogP contribution is 2.36. The second kappa shape index (κ2) is 7.71. The van der Waals surface area contributed by atoms with Crippen molar-refractivity contribution >= 4 is 23.6 Å². The van der Waals surface area contributed by atoms with Gasteiger partial charge in [-0.2, -0.15) is 4.98 Å². The number of carbonyl (C=O) groups excluding carboxylic acids is 1. The number of benzene rings is 2. The number of nitrogens with one attached hydrogen (secondary N) is 1. The number of allylic oxidation sites excluding steroid dienone is 1. The van der Waals surface area contributed by atoms with Crippen molar-refractivity contribution in [1.82, 2.24) is 14.8 Å². The van der Waals surface area contributed by atoms with Crippen LogP contribution in [0.25, 0.3) is 0 Å². The highest BCUT2D eigenvalue weighted by Gasteiger charge is 2.33. The summed E-state index contributed by atoms with van der Waals surface area (Å²) in [7, 11) is 0. The number of aryl methyl sites for hydroxylation is 1. The fraction of sp³-hybridized carbons (Fsp3) is 0.190. The minimum atomic E-state index is -0.511. The summed E-state index contributed by atoms with van der Waals surface area (Å²) in [4.78, 5) is 16.7. The van der Waals surface area contributed by atoms with Crippen molar-refractivity contribution in [1.29, 1.82) is 0 Å². The number of amides is 1. The molecule has 4 rings (SSSR count). The molecule has 0 aliphatic carbocycles. The summed E-state index contributed by atoms with van der Waals surface area (Å²) >= 11 is 1.33. The van der Waals surface area contributed by atoms with Crippen LogP contribution in [0.1, 0.15) is 29.7 Å². The molecule has 1 atom stereocenters. The third-order valence-electron chi connectivity index (χ3n) is 4.77. The van der Waals surface area contributed by atoms with Gasteiger partial charge in [0.25, 0.3) is 0 Å². The molecule has 1 aliphatic rings. The number of hydrogen-bond donors (Lipinski definition) is 2. The summed E-state index contributed by atoms with van der Waals surface area (Å²) in [6.07, 6.45) is 0. The number of rotatable bonds is 5. The van der Waals surface area contributed by atoms with E-state index in [0.717, 1.165) is 11.1 Å². The number of halogens is 1. The Morgan fingerprint density at radius 3 is 2.76 bits per heavy atom. The van der Waals surface area contributed by atoms with E-state index >= 15 is 0 Å². The van der Waals surface area contributed by atoms with Gasteiger partial charge in [-0.25, -0.2) is 9.07 Å². The molecule has 8 heteroatoms. The predicted molar refractivity (Wildman–Crippen MR) is 111 cm³/mol. The third kappa shape index (κ3) is 3.75. The van der Waals surface area contributed by atoms with E-state index in [2.05, 4.69) is 15.4 Å². The van der Waals surface area contributed by atoms with Gasteiger partial charge in [-0.15, -0.1) is 5.10 Å². The summed E-state index contributed by atoms with van der Waals surface area (Å²) in [5.74, 6) is 0.159. The minimum absolute atomic E-state index is 0.256. The maximum atomic E-state index is 13.9. The first-order valence-electron chi connectivity index (χ1n) is 9.11. The van der Waals surface area contributed by atoms with Crippen LogP contribution in [0.15, 0.2) is 65.0 Å². The second-order valence-corrected chi connectivity index (χ2v) is 7.83. The van der Waals surface area contributed by atoms with Crippen molar-refractivity contribution in [2.24, 2.45) is 5.73 Å². The van der Waals surface area contributed by atoms with Crippen molar-refractivity contribution in [2.75, 3.05) is 5.32 Å². The molecule has 0 saturated carbocycles. The van der Waals surface area contributed by atoms with Crippen LogP contribution in [-0.2, 0) is 10.5 Å². The number of hydrogen-bond acceptors (Lipinski definition) is 5.